The Bertz CT molecular complexity index is 1500. The van der Waals surface area contributed by atoms with Gasteiger partial charge in [0.05, 0.1) is 25.4 Å². The Balaban J connectivity index is 3.31. The van der Waals surface area contributed by atoms with E-state index in [9.17, 15) is 19.8 Å². The SMILES string of the molecule is CCCCCCCCCCCCCCCCCCCCCCCCC/C=C/C(O)C(CO)NC(=O)CCCCCCCCCCCCCCCCCCCCCCCCCCCCCCCCCCCCCCCOC(=O)CCCCCCCCCCCCCCCCCCCCC. The van der Waals surface area contributed by atoms with Gasteiger partial charge in [-0.1, -0.05) is 508 Å². The van der Waals surface area contributed by atoms with Crippen molar-refractivity contribution >= 4 is 11.9 Å². The highest BCUT2D eigenvalue weighted by molar-refractivity contribution is 5.76. The standard InChI is InChI=1S/C92H181NO5/c1-3-5-7-9-11-13-15-17-19-21-23-24-25-39-42-45-49-52-56-60-64-68-72-76-80-84-90(95)89(88-94)93-91(96)85-81-77-73-69-65-61-57-53-50-46-43-40-37-35-33-31-29-27-26-28-30-32-34-36-38-41-44-47-51-55-59-63-67-71-75-79-83-87-98-92(97)86-82-78-74-70-66-62-58-54-48-22-20-18-16-14-12-10-8-6-4-2/h80,84,89-90,94-95H,3-79,81-83,85-88H2,1-2H3,(H,93,96)/b84-80+. The fourth-order valence-corrected chi connectivity index (χ4v) is 15.1. The number of amides is 1. The number of carbonyl (C=O) groups excluding carboxylic acids is 2. The van der Waals surface area contributed by atoms with Gasteiger partial charge in [-0.25, -0.2) is 0 Å². The molecule has 0 aromatic carbocycles. The molecule has 0 aliphatic rings. The maximum atomic E-state index is 12.6. The highest BCUT2D eigenvalue weighted by atomic mass is 16.5. The van der Waals surface area contributed by atoms with Crippen LogP contribution in [-0.2, 0) is 14.3 Å². The quantitative estimate of drug-likeness (QED) is 0.0320. The molecular formula is C92H181NO5. The molecule has 0 rings (SSSR count). The molecule has 0 fully saturated rings. The van der Waals surface area contributed by atoms with Crippen molar-refractivity contribution < 1.29 is 24.5 Å². The molecule has 0 aliphatic carbocycles. The van der Waals surface area contributed by atoms with Gasteiger partial charge in [0.15, 0.2) is 0 Å². The molecule has 3 N–H and O–H groups in total. The summed E-state index contributed by atoms with van der Waals surface area (Å²) < 4.78 is 5.53. The second-order valence-corrected chi connectivity index (χ2v) is 32.0. The van der Waals surface area contributed by atoms with Gasteiger partial charge in [0.25, 0.3) is 0 Å². The summed E-state index contributed by atoms with van der Waals surface area (Å²) in [5.74, 6) is -0.0260. The minimum Gasteiger partial charge on any atom is -0.466 e. The Morgan fingerprint density at radius 2 is 0.469 bits per heavy atom. The molecule has 0 radical (unpaired) electrons. The lowest BCUT2D eigenvalue weighted by atomic mass is 10.0. The molecule has 2 unspecified atom stereocenters. The van der Waals surface area contributed by atoms with Crippen LogP contribution in [0.2, 0.25) is 0 Å². The molecule has 2 atom stereocenters. The Hall–Kier alpha value is -1.40. The Labute approximate surface area is 616 Å². The summed E-state index contributed by atoms with van der Waals surface area (Å²) in [5.41, 5.74) is 0. The fourth-order valence-electron chi connectivity index (χ4n) is 15.1. The number of hydrogen-bond acceptors (Lipinski definition) is 5. The van der Waals surface area contributed by atoms with Gasteiger partial charge in [0.1, 0.15) is 0 Å². The van der Waals surface area contributed by atoms with Crippen molar-refractivity contribution in [3.05, 3.63) is 12.2 Å². The highest BCUT2D eigenvalue weighted by Gasteiger charge is 2.18. The second-order valence-electron chi connectivity index (χ2n) is 32.0. The lowest BCUT2D eigenvalue weighted by Gasteiger charge is -2.20. The number of esters is 1. The first-order chi connectivity index (χ1) is 48.5. The van der Waals surface area contributed by atoms with Crippen molar-refractivity contribution in [3.63, 3.8) is 0 Å². The van der Waals surface area contributed by atoms with E-state index < -0.39 is 12.1 Å². The van der Waals surface area contributed by atoms with Crippen LogP contribution in [0, 0.1) is 0 Å². The van der Waals surface area contributed by atoms with Crippen LogP contribution in [-0.4, -0.2) is 47.4 Å². The number of allylic oxidation sites excluding steroid dienone is 1. The number of rotatable bonds is 88. The lowest BCUT2D eigenvalue weighted by Crippen LogP contribution is -2.45. The van der Waals surface area contributed by atoms with Crippen LogP contribution in [0.5, 0.6) is 0 Å². The molecule has 0 spiro atoms. The number of unbranched alkanes of at least 4 members (excludes halogenated alkanes) is 77. The van der Waals surface area contributed by atoms with Gasteiger partial charge in [-0.2, -0.15) is 0 Å². The molecule has 0 saturated heterocycles. The van der Waals surface area contributed by atoms with Crippen LogP contribution in [0.15, 0.2) is 12.2 Å². The van der Waals surface area contributed by atoms with Gasteiger partial charge in [0.2, 0.25) is 5.91 Å². The zero-order valence-electron chi connectivity index (χ0n) is 67.3. The van der Waals surface area contributed by atoms with Crippen LogP contribution < -0.4 is 5.32 Å². The van der Waals surface area contributed by atoms with E-state index in [1.165, 1.54) is 475 Å². The van der Waals surface area contributed by atoms with Gasteiger partial charge in [-0.05, 0) is 32.1 Å². The van der Waals surface area contributed by atoms with Crippen LogP contribution in [0.4, 0.5) is 0 Å². The molecule has 0 aliphatic heterocycles. The van der Waals surface area contributed by atoms with Crippen molar-refractivity contribution in [2.45, 2.75) is 553 Å². The molecule has 0 heterocycles. The van der Waals surface area contributed by atoms with Crippen LogP contribution in [0.3, 0.4) is 0 Å². The fraction of sp³-hybridized carbons (Fsp3) is 0.957. The molecular weight excluding hydrogens is 1200 g/mol. The summed E-state index contributed by atoms with van der Waals surface area (Å²) in [6.07, 6.45) is 114. The van der Waals surface area contributed by atoms with Crippen LogP contribution in [0.1, 0.15) is 540 Å². The van der Waals surface area contributed by atoms with Gasteiger partial charge in [-0.15, -0.1) is 0 Å². The third kappa shape index (κ3) is 83.5. The predicted octanol–water partition coefficient (Wildman–Crippen LogP) is 31.0. The van der Waals surface area contributed by atoms with Crippen LogP contribution >= 0.6 is 0 Å². The maximum Gasteiger partial charge on any atom is 0.305 e. The molecule has 0 aromatic heterocycles. The van der Waals surface area contributed by atoms with E-state index in [-0.39, 0.29) is 18.5 Å². The summed E-state index contributed by atoms with van der Waals surface area (Å²) in [6, 6.07) is -0.625. The Kier molecular flexibility index (Phi) is 86.7. The first-order valence-electron chi connectivity index (χ1n) is 46.0. The van der Waals surface area contributed by atoms with E-state index in [0.717, 1.165) is 38.5 Å². The largest absolute Gasteiger partial charge is 0.466 e. The zero-order chi connectivity index (χ0) is 70.5. The normalized spacial score (nSPS) is 12.4. The Morgan fingerprint density at radius 3 is 0.694 bits per heavy atom. The minimum absolute atomic E-state index is 0.0296. The molecule has 0 bridgehead atoms. The molecule has 0 aromatic rings. The summed E-state index contributed by atoms with van der Waals surface area (Å²) in [5, 5.41) is 23.4. The zero-order valence-corrected chi connectivity index (χ0v) is 67.3. The monoisotopic (exact) mass is 1380 g/mol. The van der Waals surface area contributed by atoms with E-state index in [2.05, 4.69) is 19.2 Å². The maximum absolute atomic E-state index is 12.6. The van der Waals surface area contributed by atoms with Gasteiger partial charge in [0, 0.05) is 12.8 Å². The number of nitrogens with one attached hydrogen (secondary N) is 1. The third-order valence-corrected chi connectivity index (χ3v) is 22.1. The number of aliphatic hydroxyl groups is 2. The second kappa shape index (κ2) is 88.0. The predicted molar refractivity (Wildman–Crippen MR) is 435 cm³/mol. The first kappa shape index (κ1) is 96.6. The average Bonchev–Trinajstić information content (AvgIpc) is 1.58. The molecule has 98 heavy (non-hydrogen) atoms. The summed E-state index contributed by atoms with van der Waals surface area (Å²) >= 11 is 0. The van der Waals surface area contributed by atoms with E-state index in [0.29, 0.717) is 19.4 Å². The van der Waals surface area contributed by atoms with Crippen molar-refractivity contribution in [1.29, 1.82) is 0 Å². The van der Waals surface area contributed by atoms with Crippen molar-refractivity contribution in [2.24, 2.45) is 0 Å². The van der Waals surface area contributed by atoms with E-state index in [4.69, 9.17) is 4.74 Å². The summed E-state index contributed by atoms with van der Waals surface area (Å²) in [6.45, 7) is 4.98. The van der Waals surface area contributed by atoms with Crippen molar-refractivity contribution in [3.8, 4) is 0 Å². The van der Waals surface area contributed by atoms with Crippen molar-refractivity contribution in [2.75, 3.05) is 13.2 Å². The van der Waals surface area contributed by atoms with Crippen LogP contribution in [0.25, 0.3) is 0 Å². The number of ether oxygens (including phenoxy) is 1. The lowest BCUT2D eigenvalue weighted by molar-refractivity contribution is -0.143. The molecule has 0 saturated carbocycles. The smallest absolute Gasteiger partial charge is 0.305 e. The third-order valence-electron chi connectivity index (χ3n) is 22.1. The van der Waals surface area contributed by atoms with E-state index in [1.54, 1.807) is 6.08 Å². The molecule has 6 nitrogen and oxygen atoms in total. The Morgan fingerprint density at radius 1 is 0.276 bits per heavy atom. The van der Waals surface area contributed by atoms with Gasteiger partial charge in [-0.3, -0.25) is 9.59 Å². The average molecular weight is 1380 g/mol. The van der Waals surface area contributed by atoms with E-state index in [1.807, 2.05) is 6.08 Å². The number of aliphatic hydroxyl groups excluding tert-OH is 2. The first-order valence-corrected chi connectivity index (χ1v) is 46.0. The molecule has 6 heteroatoms. The van der Waals surface area contributed by atoms with Crippen molar-refractivity contribution in [1.82, 2.24) is 5.32 Å². The number of hydrogen-bond donors (Lipinski definition) is 3. The number of carbonyl (C=O) groups is 2. The molecule has 584 valence electrons. The minimum atomic E-state index is -0.842. The summed E-state index contributed by atoms with van der Waals surface area (Å²) in [4.78, 5) is 24.7. The summed E-state index contributed by atoms with van der Waals surface area (Å²) in [7, 11) is 0. The van der Waals surface area contributed by atoms with E-state index >= 15 is 0 Å². The topological polar surface area (TPSA) is 95.9 Å². The van der Waals surface area contributed by atoms with Gasteiger partial charge >= 0.3 is 5.97 Å². The molecule has 1 amide bonds. The highest BCUT2D eigenvalue weighted by Crippen LogP contribution is 2.22. The van der Waals surface area contributed by atoms with Gasteiger partial charge < -0.3 is 20.3 Å².